The minimum atomic E-state index is -4.52. The normalized spacial score (nSPS) is 21.4. The number of carbonyl (C=O) groups is 1. The lowest BCUT2D eigenvalue weighted by Gasteiger charge is -2.39. The van der Waals surface area contributed by atoms with Crippen LogP contribution in [0.1, 0.15) is 58.7 Å². The van der Waals surface area contributed by atoms with E-state index in [1.807, 2.05) is 0 Å². The molecule has 0 bridgehead atoms. The number of thioether (sulfide) groups is 1. The van der Waals surface area contributed by atoms with Crippen LogP contribution in [-0.2, 0) is 10.5 Å². The molecule has 2 N–H and O–H groups in total. The summed E-state index contributed by atoms with van der Waals surface area (Å²) < 4.78 is 61.7. The average molecular weight is 545 g/mol. The fourth-order valence-corrected chi connectivity index (χ4v) is 6.11. The SMILES string of the molecule is CC(C)(C)OC(=O)N1CC[C@@H](SCc2nc3cc(NC4CCCC4)cc(F)c3c(=O)[nH]2)[C@H](C(F)(F)F)C1. The Bertz CT molecular complexity index is 1190. The molecule has 204 valence electrons. The first-order valence-corrected chi connectivity index (χ1v) is 13.5. The van der Waals surface area contributed by atoms with Crippen LogP contribution in [0.5, 0.6) is 0 Å². The van der Waals surface area contributed by atoms with Gasteiger partial charge in [-0.25, -0.2) is 14.2 Å². The number of fused-ring (bicyclic) bond motifs is 1. The highest BCUT2D eigenvalue weighted by molar-refractivity contribution is 7.99. The van der Waals surface area contributed by atoms with Gasteiger partial charge in [0, 0.05) is 30.1 Å². The van der Waals surface area contributed by atoms with E-state index < -0.39 is 47.0 Å². The number of H-pyrrole nitrogens is 1. The van der Waals surface area contributed by atoms with Crippen LogP contribution >= 0.6 is 11.8 Å². The Morgan fingerprint density at radius 1 is 1.22 bits per heavy atom. The molecule has 2 aliphatic rings. The van der Waals surface area contributed by atoms with Gasteiger partial charge in [0.1, 0.15) is 22.6 Å². The van der Waals surface area contributed by atoms with Crippen molar-refractivity contribution in [2.24, 2.45) is 5.92 Å². The number of piperidine rings is 1. The van der Waals surface area contributed by atoms with Crippen molar-refractivity contribution in [3.05, 3.63) is 34.1 Å². The van der Waals surface area contributed by atoms with Crippen LogP contribution in [0.15, 0.2) is 16.9 Å². The molecule has 0 unspecified atom stereocenters. The van der Waals surface area contributed by atoms with E-state index in [9.17, 15) is 27.2 Å². The third-order valence-electron chi connectivity index (χ3n) is 6.59. The maximum atomic E-state index is 14.7. The molecule has 2 atom stereocenters. The Balaban J connectivity index is 1.49. The van der Waals surface area contributed by atoms with Crippen molar-refractivity contribution in [2.75, 3.05) is 18.4 Å². The second-order valence-electron chi connectivity index (χ2n) is 10.7. The lowest BCUT2D eigenvalue weighted by atomic mass is 9.97. The van der Waals surface area contributed by atoms with Crippen molar-refractivity contribution in [2.45, 2.75) is 81.7 Å². The van der Waals surface area contributed by atoms with Crippen LogP contribution in [0.4, 0.5) is 28.0 Å². The third kappa shape index (κ3) is 6.88. The molecule has 1 saturated heterocycles. The average Bonchev–Trinajstić information content (AvgIpc) is 3.28. The second kappa shape index (κ2) is 10.7. The van der Waals surface area contributed by atoms with Crippen molar-refractivity contribution in [1.29, 1.82) is 0 Å². The largest absolute Gasteiger partial charge is 0.444 e. The number of carbonyl (C=O) groups excluding carboxylic acids is 1. The van der Waals surface area contributed by atoms with E-state index in [4.69, 9.17) is 4.74 Å². The predicted molar refractivity (Wildman–Crippen MR) is 135 cm³/mol. The van der Waals surface area contributed by atoms with Gasteiger partial charge in [0.05, 0.1) is 17.2 Å². The molecular weight excluding hydrogens is 512 g/mol. The highest BCUT2D eigenvalue weighted by Crippen LogP contribution is 2.40. The molecule has 0 spiro atoms. The monoisotopic (exact) mass is 544 g/mol. The summed E-state index contributed by atoms with van der Waals surface area (Å²) in [6, 6.07) is 3.12. The molecule has 1 aliphatic carbocycles. The number of alkyl halides is 3. The zero-order valence-electron chi connectivity index (χ0n) is 21.1. The van der Waals surface area contributed by atoms with Gasteiger partial charge in [-0.3, -0.25) is 4.79 Å². The van der Waals surface area contributed by atoms with Gasteiger partial charge in [-0.05, 0) is 52.2 Å². The minimum Gasteiger partial charge on any atom is -0.444 e. The Labute approximate surface area is 216 Å². The van der Waals surface area contributed by atoms with Gasteiger partial charge < -0.3 is 19.9 Å². The standard InChI is InChI=1S/C25H32F4N4O3S/c1-24(2,3)36-23(35)33-9-8-19(16(12-33)25(27,28)29)37-13-20-31-18-11-15(30-14-6-4-5-7-14)10-17(26)21(18)22(34)32-20/h10-11,14,16,19,30H,4-9,12-13H2,1-3H3,(H,31,32,34)/t16-,19-/m1/s1. The number of nitrogens with zero attached hydrogens (tertiary/aromatic N) is 2. The summed E-state index contributed by atoms with van der Waals surface area (Å²) in [7, 11) is 0. The van der Waals surface area contributed by atoms with Crippen LogP contribution in [0.25, 0.3) is 10.9 Å². The number of nitrogens with one attached hydrogen (secondary N) is 2. The number of aromatic amines is 1. The summed E-state index contributed by atoms with van der Waals surface area (Å²) in [5.74, 6) is -2.27. The van der Waals surface area contributed by atoms with E-state index in [0.29, 0.717) is 5.69 Å². The Morgan fingerprint density at radius 2 is 1.92 bits per heavy atom. The zero-order chi connectivity index (χ0) is 27.0. The predicted octanol–water partition coefficient (Wildman–Crippen LogP) is 5.84. The number of rotatable bonds is 5. The van der Waals surface area contributed by atoms with Gasteiger partial charge in [0.25, 0.3) is 5.56 Å². The fourth-order valence-electron chi connectivity index (χ4n) is 4.85. The molecule has 2 heterocycles. The lowest BCUT2D eigenvalue weighted by molar-refractivity contribution is -0.183. The van der Waals surface area contributed by atoms with E-state index >= 15 is 0 Å². The van der Waals surface area contributed by atoms with Gasteiger partial charge in [0.15, 0.2) is 0 Å². The van der Waals surface area contributed by atoms with Gasteiger partial charge in [0.2, 0.25) is 0 Å². The molecule has 0 radical (unpaired) electrons. The quantitative estimate of drug-likeness (QED) is 0.460. The fraction of sp³-hybridized carbons (Fsp3) is 0.640. The van der Waals surface area contributed by atoms with Crippen LogP contribution in [0.3, 0.4) is 0 Å². The van der Waals surface area contributed by atoms with Crippen LogP contribution < -0.4 is 10.9 Å². The first-order valence-electron chi connectivity index (χ1n) is 12.5. The number of likely N-dealkylation sites (tertiary alicyclic amines) is 1. The summed E-state index contributed by atoms with van der Waals surface area (Å²) in [5.41, 5.74) is -0.791. The first-order chi connectivity index (χ1) is 17.3. The maximum Gasteiger partial charge on any atom is 0.410 e. The number of benzene rings is 1. The Kier molecular flexibility index (Phi) is 7.96. The van der Waals surface area contributed by atoms with Crippen molar-refractivity contribution in [3.8, 4) is 0 Å². The Morgan fingerprint density at radius 3 is 2.57 bits per heavy atom. The molecule has 1 saturated carbocycles. The number of aromatic nitrogens is 2. The van der Waals surface area contributed by atoms with Crippen LogP contribution in [0, 0.1) is 11.7 Å². The van der Waals surface area contributed by atoms with Gasteiger partial charge in [-0.15, -0.1) is 11.8 Å². The van der Waals surface area contributed by atoms with E-state index in [2.05, 4.69) is 15.3 Å². The van der Waals surface area contributed by atoms with E-state index in [1.165, 1.54) is 6.07 Å². The molecule has 1 aromatic carbocycles. The topological polar surface area (TPSA) is 87.3 Å². The number of amides is 1. The molecule has 12 heteroatoms. The van der Waals surface area contributed by atoms with Gasteiger partial charge >= 0.3 is 12.3 Å². The smallest absolute Gasteiger partial charge is 0.410 e. The summed E-state index contributed by atoms with van der Waals surface area (Å²) >= 11 is 1.02. The molecule has 4 rings (SSSR count). The summed E-state index contributed by atoms with van der Waals surface area (Å²) in [6.45, 7) is 4.60. The summed E-state index contributed by atoms with van der Waals surface area (Å²) in [4.78, 5) is 32.9. The first kappa shape index (κ1) is 27.5. The minimum absolute atomic E-state index is 0.0107. The number of anilines is 1. The molecule has 2 aromatic rings. The molecule has 1 aliphatic heterocycles. The van der Waals surface area contributed by atoms with E-state index in [0.717, 1.165) is 42.3 Å². The van der Waals surface area contributed by atoms with Crippen LogP contribution in [-0.4, -0.2) is 57.1 Å². The van der Waals surface area contributed by atoms with Crippen molar-refractivity contribution in [1.82, 2.24) is 14.9 Å². The van der Waals surface area contributed by atoms with Crippen LogP contribution in [0.2, 0.25) is 0 Å². The summed E-state index contributed by atoms with van der Waals surface area (Å²) in [6.07, 6.45) is -1.02. The molecule has 37 heavy (non-hydrogen) atoms. The maximum absolute atomic E-state index is 14.7. The number of hydrogen-bond donors (Lipinski definition) is 2. The highest BCUT2D eigenvalue weighted by atomic mass is 32.2. The van der Waals surface area contributed by atoms with Gasteiger partial charge in [-0.1, -0.05) is 12.8 Å². The van der Waals surface area contributed by atoms with Crippen molar-refractivity contribution < 1.29 is 27.1 Å². The van der Waals surface area contributed by atoms with Crippen molar-refractivity contribution in [3.63, 3.8) is 0 Å². The molecule has 2 fully saturated rings. The molecular formula is C25H32F4N4O3S. The Hall–Kier alpha value is -2.50. The zero-order valence-corrected chi connectivity index (χ0v) is 21.9. The number of hydrogen-bond acceptors (Lipinski definition) is 6. The molecule has 7 nitrogen and oxygen atoms in total. The number of halogens is 4. The molecule has 1 amide bonds. The van der Waals surface area contributed by atoms with E-state index in [-0.39, 0.29) is 41.5 Å². The van der Waals surface area contributed by atoms with Crippen molar-refractivity contribution >= 4 is 34.4 Å². The lowest BCUT2D eigenvalue weighted by Crippen LogP contribution is -2.51. The summed E-state index contributed by atoms with van der Waals surface area (Å²) in [5, 5.41) is 2.26. The number of ether oxygens (including phenoxy) is 1. The second-order valence-corrected chi connectivity index (χ2v) is 11.9. The van der Waals surface area contributed by atoms with Gasteiger partial charge in [-0.2, -0.15) is 13.2 Å². The van der Waals surface area contributed by atoms with E-state index in [1.54, 1.807) is 26.8 Å². The molecule has 1 aromatic heterocycles. The highest BCUT2D eigenvalue weighted by Gasteiger charge is 2.49. The third-order valence-corrected chi connectivity index (χ3v) is 8.02.